The molecule has 1 saturated carbocycles. The first kappa shape index (κ1) is 20.6. The van der Waals surface area contributed by atoms with Crippen LogP contribution in [0, 0.1) is 11.8 Å². The molecule has 0 aromatic heterocycles. The minimum Gasteiger partial charge on any atom is -0.325 e. The van der Waals surface area contributed by atoms with Gasteiger partial charge in [-0.1, -0.05) is 68.1 Å². The van der Waals surface area contributed by atoms with E-state index in [-0.39, 0.29) is 17.6 Å². The average Bonchev–Trinajstić information content (AvgIpc) is 2.74. The van der Waals surface area contributed by atoms with Crippen molar-refractivity contribution < 1.29 is 9.59 Å². The van der Waals surface area contributed by atoms with Crippen LogP contribution < -0.4 is 5.32 Å². The van der Waals surface area contributed by atoms with Crippen LogP contribution in [-0.2, 0) is 4.79 Å². The molecule has 28 heavy (non-hydrogen) atoms. The summed E-state index contributed by atoms with van der Waals surface area (Å²) < 4.78 is 0. The molecule has 0 saturated heterocycles. The lowest BCUT2D eigenvalue weighted by atomic mass is 9.79. The Labute approximate surface area is 172 Å². The molecule has 4 heteroatoms. The number of benzene rings is 2. The number of hydrogen-bond donors (Lipinski definition) is 1. The molecule has 1 aliphatic carbocycles. The first-order chi connectivity index (χ1) is 13.6. The standard InChI is InChI=1S/C24H28ClNO2/c1-2-3-7-17-10-12-19(13-11-17)24(28)26-22-15-14-20(25)16-21(22)23(27)18-8-5-4-6-9-18/h4-6,8-9,14-17,19H,2-3,7,10-13H2,1H3,(H,26,28). The van der Waals surface area contributed by atoms with Crippen LogP contribution in [0.2, 0.25) is 5.02 Å². The number of ketones is 1. The quantitative estimate of drug-likeness (QED) is 0.541. The molecule has 0 radical (unpaired) electrons. The van der Waals surface area contributed by atoms with Gasteiger partial charge in [0.15, 0.2) is 5.78 Å². The Morgan fingerprint density at radius 1 is 1.04 bits per heavy atom. The highest BCUT2D eigenvalue weighted by Crippen LogP contribution is 2.33. The number of anilines is 1. The lowest BCUT2D eigenvalue weighted by Crippen LogP contribution is -2.28. The minimum atomic E-state index is -0.137. The molecule has 0 unspecified atom stereocenters. The molecule has 0 atom stereocenters. The Morgan fingerprint density at radius 3 is 2.43 bits per heavy atom. The monoisotopic (exact) mass is 397 g/mol. The Bertz CT molecular complexity index is 811. The van der Waals surface area contributed by atoms with E-state index in [1.54, 1.807) is 30.3 Å². The normalized spacial score (nSPS) is 19.2. The number of nitrogens with one attached hydrogen (secondary N) is 1. The Kier molecular flexibility index (Phi) is 7.27. The van der Waals surface area contributed by atoms with E-state index in [0.717, 1.165) is 31.6 Å². The van der Waals surface area contributed by atoms with Gasteiger partial charge in [-0.25, -0.2) is 0 Å². The van der Waals surface area contributed by atoms with Crippen LogP contribution in [0.1, 0.15) is 67.8 Å². The lowest BCUT2D eigenvalue weighted by Gasteiger charge is -2.28. The van der Waals surface area contributed by atoms with Gasteiger partial charge in [-0.3, -0.25) is 9.59 Å². The number of hydrogen-bond acceptors (Lipinski definition) is 2. The first-order valence-electron chi connectivity index (χ1n) is 10.3. The lowest BCUT2D eigenvalue weighted by molar-refractivity contribution is -0.121. The van der Waals surface area contributed by atoms with Crippen molar-refractivity contribution in [3.8, 4) is 0 Å². The van der Waals surface area contributed by atoms with E-state index in [1.807, 2.05) is 18.2 Å². The summed E-state index contributed by atoms with van der Waals surface area (Å²) in [5.74, 6) is 0.656. The number of carbonyl (C=O) groups is 2. The van der Waals surface area contributed by atoms with Crippen molar-refractivity contribution in [1.29, 1.82) is 0 Å². The molecular formula is C24H28ClNO2. The largest absolute Gasteiger partial charge is 0.325 e. The third kappa shape index (κ3) is 5.23. The number of amides is 1. The van der Waals surface area contributed by atoms with Gasteiger partial charge in [-0.15, -0.1) is 0 Å². The number of rotatable bonds is 7. The zero-order valence-corrected chi connectivity index (χ0v) is 17.2. The number of carbonyl (C=O) groups excluding carboxylic acids is 2. The zero-order valence-electron chi connectivity index (χ0n) is 16.4. The molecule has 1 aliphatic rings. The third-order valence-electron chi connectivity index (χ3n) is 5.70. The summed E-state index contributed by atoms with van der Waals surface area (Å²) in [4.78, 5) is 25.7. The first-order valence-corrected chi connectivity index (χ1v) is 10.7. The third-order valence-corrected chi connectivity index (χ3v) is 5.94. The molecule has 1 N–H and O–H groups in total. The van der Waals surface area contributed by atoms with Crippen molar-refractivity contribution in [2.45, 2.75) is 51.9 Å². The maximum atomic E-state index is 12.9. The van der Waals surface area contributed by atoms with Gasteiger partial charge in [-0.2, -0.15) is 0 Å². The van der Waals surface area contributed by atoms with Crippen molar-refractivity contribution in [2.24, 2.45) is 11.8 Å². The molecule has 1 fully saturated rings. The number of halogens is 1. The van der Waals surface area contributed by atoms with Gasteiger partial charge in [0.25, 0.3) is 0 Å². The van der Waals surface area contributed by atoms with Crippen LogP contribution in [0.4, 0.5) is 5.69 Å². The molecule has 0 aliphatic heterocycles. The Balaban J connectivity index is 1.69. The fraction of sp³-hybridized carbons (Fsp3) is 0.417. The van der Waals surface area contributed by atoms with Gasteiger partial charge < -0.3 is 5.32 Å². The molecular weight excluding hydrogens is 370 g/mol. The maximum absolute atomic E-state index is 12.9. The van der Waals surface area contributed by atoms with E-state index < -0.39 is 0 Å². The fourth-order valence-corrected chi connectivity index (χ4v) is 4.17. The SMILES string of the molecule is CCCCC1CCC(C(=O)Nc2ccc(Cl)cc2C(=O)c2ccccc2)CC1. The van der Waals surface area contributed by atoms with Crippen molar-refractivity contribution in [3.63, 3.8) is 0 Å². The van der Waals surface area contributed by atoms with E-state index in [2.05, 4.69) is 12.2 Å². The Hall–Kier alpha value is -2.13. The summed E-state index contributed by atoms with van der Waals surface area (Å²) in [6.07, 6.45) is 7.87. The minimum absolute atomic E-state index is 0.0124. The molecule has 2 aromatic carbocycles. The molecule has 3 rings (SSSR count). The van der Waals surface area contributed by atoms with Crippen LogP contribution in [0.25, 0.3) is 0 Å². The van der Waals surface area contributed by atoms with Gasteiger partial charge in [0.2, 0.25) is 5.91 Å². The second kappa shape index (κ2) is 9.88. The number of unbranched alkanes of at least 4 members (excludes halogenated alkanes) is 1. The van der Waals surface area contributed by atoms with Crippen LogP contribution in [-0.4, -0.2) is 11.7 Å². The molecule has 148 valence electrons. The van der Waals surface area contributed by atoms with Crippen molar-refractivity contribution in [2.75, 3.05) is 5.32 Å². The summed E-state index contributed by atoms with van der Waals surface area (Å²) in [6.45, 7) is 2.22. The van der Waals surface area contributed by atoms with E-state index in [0.29, 0.717) is 21.8 Å². The van der Waals surface area contributed by atoms with Gasteiger partial charge in [-0.05, 0) is 49.8 Å². The highest BCUT2D eigenvalue weighted by molar-refractivity contribution is 6.31. The summed E-state index contributed by atoms with van der Waals surface area (Å²) >= 11 is 6.13. The summed E-state index contributed by atoms with van der Waals surface area (Å²) in [5.41, 5.74) is 1.55. The maximum Gasteiger partial charge on any atom is 0.227 e. The Morgan fingerprint density at radius 2 is 1.75 bits per heavy atom. The zero-order chi connectivity index (χ0) is 19.9. The van der Waals surface area contributed by atoms with Crippen LogP contribution in [0.5, 0.6) is 0 Å². The second-order valence-electron chi connectivity index (χ2n) is 7.73. The van der Waals surface area contributed by atoms with E-state index in [4.69, 9.17) is 11.6 Å². The van der Waals surface area contributed by atoms with Crippen LogP contribution >= 0.6 is 11.6 Å². The van der Waals surface area contributed by atoms with Gasteiger partial charge >= 0.3 is 0 Å². The summed E-state index contributed by atoms with van der Waals surface area (Å²) in [5, 5.41) is 3.48. The van der Waals surface area contributed by atoms with E-state index in [1.165, 1.54) is 19.3 Å². The van der Waals surface area contributed by atoms with Crippen LogP contribution in [0.3, 0.4) is 0 Å². The molecule has 0 bridgehead atoms. The van der Waals surface area contributed by atoms with Gasteiger partial charge in [0.1, 0.15) is 0 Å². The predicted molar refractivity (Wildman–Crippen MR) is 115 cm³/mol. The average molecular weight is 398 g/mol. The highest BCUT2D eigenvalue weighted by Gasteiger charge is 2.27. The van der Waals surface area contributed by atoms with Crippen LogP contribution in [0.15, 0.2) is 48.5 Å². The molecule has 0 heterocycles. The van der Waals surface area contributed by atoms with Gasteiger partial charge in [0, 0.05) is 22.1 Å². The molecule has 0 spiro atoms. The second-order valence-corrected chi connectivity index (χ2v) is 8.17. The topological polar surface area (TPSA) is 46.2 Å². The van der Waals surface area contributed by atoms with E-state index >= 15 is 0 Å². The molecule has 3 nitrogen and oxygen atoms in total. The highest BCUT2D eigenvalue weighted by atomic mass is 35.5. The van der Waals surface area contributed by atoms with Crippen molar-refractivity contribution >= 4 is 29.0 Å². The fourth-order valence-electron chi connectivity index (χ4n) is 4.00. The smallest absolute Gasteiger partial charge is 0.227 e. The van der Waals surface area contributed by atoms with Crippen molar-refractivity contribution in [1.82, 2.24) is 0 Å². The van der Waals surface area contributed by atoms with Crippen molar-refractivity contribution in [3.05, 3.63) is 64.7 Å². The molecule has 2 aromatic rings. The molecule has 1 amide bonds. The van der Waals surface area contributed by atoms with E-state index in [9.17, 15) is 9.59 Å². The predicted octanol–water partition coefficient (Wildman–Crippen LogP) is 6.51. The summed E-state index contributed by atoms with van der Waals surface area (Å²) in [7, 11) is 0. The summed E-state index contributed by atoms with van der Waals surface area (Å²) in [6, 6.07) is 14.1. The van der Waals surface area contributed by atoms with Gasteiger partial charge in [0.05, 0.1) is 5.69 Å².